The lowest BCUT2D eigenvalue weighted by atomic mass is 10.1. The summed E-state index contributed by atoms with van der Waals surface area (Å²) in [6.07, 6.45) is 4.74. The van der Waals surface area contributed by atoms with Gasteiger partial charge in [0.15, 0.2) is 0 Å². The predicted octanol–water partition coefficient (Wildman–Crippen LogP) is 3.81. The van der Waals surface area contributed by atoms with Crippen molar-refractivity contribution in [2.45, 2.75) is 38.6 Å². The number of benzene rings is 2. The third-order valence-corrected chi connectivity index (χ3v) is 4.71. The number of halogens is 2. The molecule has 0 fully saturated rings. The van der Waals surface area contributed by atoms with Crippen LogP contribution in [0.3, 0.4) is 0 Å². The minimum absolute atomic E-state index is 0.134. The number of hydrogen-bond acceptors (Lipinski definition) is 4. The fraction of sp³-hybridized carbons (Fsp3) is 0.250. The number of carbonyl (C=O) groups excluding carboxylic acids is 2. The van der Waals surface area contributed by atoms with Crippen molar-refractivity contribution in [1.29, 1.82) is 0 Å². The molecular weight excluding hydrogens is 414 g/mol. The lowest BCUT2D eigenvalue weighted by Gasteiger charge is -2.17. The molecule has 6 nitrogen and oxygen atoms in total. The largest absolute Gasteiger partial charge is 0.344 e. The van der Waals surface area contributed by atoms with Gasteiger partial charge in [0.25, 0.3) is 0 Å². The van der Waals surface area contributed by atoms with Gasteiger partial charge in [0.05, 0.1) is 6.42 Å². The van der Waals surface area contributed by atoms with Gasteiger partial charge in [0, 0.05) is 24.9 Å². The minimum Gasteiger partial charge on any atom is -0.344 e. The third kappa shape index (κ3) is 6.94. The van der Waals surface area contributed by atoms with Crippen LogP contribution in [0, 0.1) is 11.6 Å². The highest BCUT2D eigenvalue weighted by molar-refractivity contribution is 5.96. The van der Waals surface area contributed by atoms with Crippen LogP contribution in [0.5, 0.6) is 0 Å². The van der Waals surface area contributed by atoms with E-state index in [1.165, 1.54) is 0 Å². The van der Waals surface area contributed by atoms with Crippen LogP contribution in [0.15, 0.2) is 60.9 Å². The quantitative estimate of drug-likeness (QED) is 0.532. The first kappa shape index (κ1) is 23.0. The van der Waals surface area contributed by atoms with E-state index in [0.717, 1.165) is 29.3 Å². The van der Waals surface area contributed by atoms with Crippen molar-refractivity contribution < 1.29 is 18.4 Å². The van der Waals surface area contributed by atoms with Gasteiger partial charge in [-0.1, -0.05) is 43.7 Å². The van der Waals surface area contributed by atoms with E-state index in [4.69, 9.17) is 0 Å². The molecule has 3 aromatic rings. The maximum atomic E-state index is 13.3. The molecular formula is C24H24F2N4O2. The molecule has 0 aliphatic carbocycles. The Labute approximate surface area is 185 Å². The summed E-state index contributed by atoms with van der Waals surface area (Å²) in [6, 6.07) is 12.0. The Morgan fingerprint density at radius 1 is 0.938 bits per heavy atom. The highest BCUT2D eigenvalue weighted by atomic mass is 19.1. The minimum atomic E-state index is -0.821. The molecule has 8 heteroatoms. The fourth-order valence-corrected chi connectivity index (χ4v) is 3.24. The van der Waals surface area contributed by atoms with Gasteiger partial charge in [-0.15, -0.1) is 0 Å². The lowest BCUT2D eigenvalue weighted by Crippen LogP contribution is -2.44. The monoisotopic (exact) mass is 438 g/mol. The molecule has 0 aliphatic heterocycles. The van der Waals surface area contributed by atoms with Gasteiger partial charge >= 0.3 is 0 Å². The molecule has 0 saturated heterocycles. The predicted molar refractivity (Wildman–Crippen MR) is 117 cm³/mol. The molecule has 2 amide bonds. The number of rotatable bonds is 9. The Morgan fingerprint density at radius 2 is 1.59 bits per heavy atom. The third-order valence-electron chi connectivity index (χ3n) is 4.71. The SMILES string of the molecule is CCCC(NC(=O)Cc1cc(F)cc(F)c1)C(=O)Nc1ncc(Cc2ccccc2)cn1. The molecule has 1 aromatic heterocycles. The molecule has 3 rings (SSSR count). The Bertz CT molecular complexity index is 1040. The van der Waals surface area contributed by atoms with E-state index in [1.807, 2.05) is 37.3 Å². The zero-order valence-electron chi connectivity index (χ0n) is 17.6. The highest BCUT2D eigenvalue weighted by Crippen LogP contribution is 2.11. The first-order chi connectivity index (χ1) is 15.4. The van der Waals surface area contributed by atoms with E-state index < -0.39 is 29.5 Å². The van der Waals surface area contributed by atoms with Crippen molar-refractivity contribution in [2.75, 3.05) is 5.32 Å². The molecule has 2 N–H and O–H groups in total. The van der Waals surface area contributed by atoms with Crippen molar-refractivity contribution >= 4 is 17.8 Å². The second-order valence-corrected chi connectivity index (χ2v) is 7.43. The number of aromatic nitrogens is 2. The summed E-state index contributed by atoms with van der Waals surface area (Å²) in [5, 5.41) is 5.23. The van der Waals surface area contributed by atoms with Crippen molar-refractivity contribution in [2.24, 2.45) is 0 Å². The van der Waals surface area contributed by atoms with Gasteiger partial charge < -0.3 is 5.32 Å². The van der Waals surface area contributed by atoms with Crippen LogP contribution in [-0.4, -0.2) is 27.8 Å². The molecule has 32 heavy (non-hydrogen) atoms. The first-order valence-corrected chi connectivity index (χ1v) is 10.3. The molecule has 0 bridgehead atoms. The standard InChI is InChI=1S/C24H24F2N4O2/c1-2-6-21(29-22(31)12-17-10-19(25)13-20(26)11-17)23(32)30-24-27-14-18(15-28-24)9-16-7-4-3-5-8-16/h3-5,7-8,10-11,13-15,21H,2,6,9,12H2,1H3,(H,29,31)(H,27,28,30,32). The van der Waals surface area contributed by atoms with Crippen LogP contribution in [0.1, 0.15) is 36.5 Å². The van der Waals surface area contributed by atoms with Gasteiger partial charge in [0.2, 0.25) is 17.8 Å². The lowest BCUT2D eigenvalue weighted by molar-refractivity contribution is -0.126. The first-order valence-electron chi connectivity index (χ1n) is 10.3. The number of carbonyl (C=O) groups is 2. The Hall–Kier alpha value is -3.68. The second-order valence-electron chi connectivity index (χ2n) is 7.43. The number of nitrogens with one attached hydrogen (secondary N) is 2. The van der Waals surface area contributed by atoms with Crippen molar-refractivity contribution in [3.05, 3.63) is 89.2 Å². The van der Waals surface area contributed by atoms with E-state index >= 15 is 0 Å². The van der Waals surface area contributed by atoms with Gasteiger partial charge in [-0.25, -0.2) is 18.7 Å². The smallest absolute Gasteiger partial charge is 0.249 e. The molecule has 1 heterocycles. The zero-order chi connectivity index (χ0) is 22.9. The molecule has 0 aliphatic rings. The van der Waals surface area contributed by atoms with Crippen molar-refractivity contribution in [3.8, 4) is 0 Å². The van der Waals surface area contributed by atoms with Crippen LogP contribution in [0.2, 0.25) is 0 Å². The fourth-order valence-electron chi connectivity index (χ4n) is 3.24. The van der Waals surface area contributed by atoms with E-state index in [9.17, 15) is 18.4 Å². The van der Waals surface area contributed by atoms with Gasteiger partial charge in [0.1, 0.15) is 17.7 Å². The molecule has 0 saturated carbocycles. The summed E-state index contributed by atoms with van der Waals surface area (Å²) in [7, 11) is 0. The van der Waals surface area contributed by atoms with Crippen LogP contribution >= 0.6 is 0 Å². The molecule has 1 atom stereocenters. The summed E-state index contributed by atoms with van der Waals surface area (Å²) in [4.78, 5) is 33.3. The molecule has 1 unspecified atom stereocenters. The summed E-state index contributed by atoms with van der Waals surface area (Å²) in [5.74, 6) is -2.36. The topological polar surface area (TPSA) is 84.0 Å². The van der Waals surface area contributed by atoms with E-state index in [2.05, 4.69) is 20.6 Å². The Morgan fingerprint density at radius 3 is 2.22 bits per heavy atom. The number of amides is 2. The Balaban J connectivity index is 1.58. The van der Waals surface area contributed by atoms with E-state index in [0.29, 0.717) is 19.3 Å². The summed E-state index contributed by atoms with van der Waals surface area (Å²) in [6.45, 7) is 1.88. The normalized spacial score (nSPS) is 11.6. The average Bonchev–Trinajstić information content (AvgIpc) is 2.75. The summed E-state index contributed by atoms with van der Waals surface area (Å²) in [5.41, 5.74) is 2.21. The van der Waals surface area contributed by atoms with E-state index in [-0.39, 0.29) is 17.9 Å². The van der Waals surface area contributed by atoms with Crippen molar-refractivity contribution in [3.63, 3.8) is 0 Å². The molecule has 0 radical (unpaired) electrons. The maximum Gasteiger partial charge on any atom is 0.249 e. The Kier molecular flexibility index (Phi) is 7.96. The van der Waals surface area contributed by atoms with Gasteiger partial charge in [-0.3, -0.25) is 14.9 Å². The number of nitrogens with zero attached hydrogens (tertiary/aromatic N) is 2. The zero-order valence-corrected chi connectivity index (χ0v) is 17.6. The average molecular weight is 438 g/mol. The molecule has 0 spiro atoms. The van der Waals surface area contributed by atoms with Crippen LogP contribution in [0.4, 0.5) is 14.7 Å². The maximum absolute atomic E-state index is 13.3. The number of anilines is 1. The van der Waals surface area contributed by atoms with Crippen LogP contribution < -0.4 is 10.6 Å². The molecule has 2 aromatic carbocycles. The van der Waals surface area contributed by atoms with Gasteiger partial charge in [-0.05, 0) is 35.2 Å². The number of hydrogen-bond donors (Lipinski definition) is 2. The summed E-state index contributed by atoms with van der Waals surface area (Å²) < 4.78 is 26.7. The summed E-state index contributed by atoms with van der Waals surface area (Å²) >= 11 is 0. The highest BCUT2D eigenvalue weighted by Gasteiger charge is 2.21. The second kappa shape index (κ2) is 11.1. The van der Waals surface area contributed by atoms with Crippen molar-refractivity contribution in [1.82, 2.24) is 15.3 Å². The van der Waals surface area contributed by atoms with Crippen LogP contribution in [-0.2, 0) is 22.4 Å². The molecule has 166 valence electrons. The van der Waals surface area contributed by atoms with E-state index in [1.54, 1.807) is 12.4 Å². The van der Waals surface area contributed by atoms with Crippen LogP contribution in [0.25, 0.3) is 0 Å². The van der Waals surface area contributed by atoms with Gasteiger partial charge in [-0.2, -0.15) is 0 Å².